The molecule has 0 radical (unpaired) electrons. The van der Waals surface area contributed by atoms with E-state index >= 15 is 0 Å². The normalized spacial score (nSPS) is 10.0. The first-order valence-electron chi connectivity index (χ1n) is 6.60. The Labute approximate surface area is 124 Å². The zero-order valence-electron chi connectivity index (χ0n) is 12.1. The van der Waals surface area contributed by atoms with Crippen LogP contribution in [0.3, 0.4) is 0 Å². The molecular weight excluding hydrogens is 266 g/mol. The lowest BCUT2D eigenvalue weighted by Crippen LogP contribution is -2.27. The lowest BCUT2D eigenvalue weighted by molar-refractivity contribution is -0.130. The third kappa shape index (κ3) is 3.92. The summed E-state index contributed by atoms with van der Waals surface area (Å²) in [6.07, 6.45) is 0. The third-order valence-electron chi connectivity index (χ3n) is 3.01. The number of ether oxygens (including phenoxy) is 1. The number of hydrogen-bond acceptors (Lipinski definition) is 3. The van der Waals surface area contributed by atoms with E-state index in [1.54, 1.807) is 50.5 Å². The van der Waals surface area contributed by atoms with Gasteiger partial charge in [-0.2, -0.15) is 0 Å². The van der Waals surface area contributed by atoms with E-state index in [4.69, 9.17) is 4.74 Å². The maximum absolute atomic E-state index is 12.2. The number of benzene rings is 2. The highest BCUT2D eigenvalue weighted by molar-refractivity contribution is 6.08. The second-order valence-electron chi connectivity index (χ2n) is 4.80. The minimum Gasteiger partial charge on any atom is -0.484 e. The molecule has 0 aliphatic rings. The van der Waals surface area contributed by atoms with Crippen LogP contribution < -0.4 is 4.74 Å². The molecule has 0 aliphatic heterocycles. The summed E-state index contributed by atoms with van der Waals surface area (Å²) >= 11 is 0. The van der Waals surface area contributed by atoms with Crippen LogP contribution in [0.4, 0.5) is 0 Å². The number of amides is 1. The molecule has 0 spiro atoms. The van der Waals surface area contributed by atoms with Gasteiger partial charge < -0.3 is 9.64 Å². The minimum absolute atomic E-state index is 0.0149. The summed E-state index contributed by atoms with van der Waals surface area (Å²) in [6.45, 7) is -0.0149. The van der Waals surface area contributed by atoms with E-state index in [1.165, 1.54) is 4.90 Å². The van der Waals surface area contributed by atoms with E-state index in [1.807, 2.05) is 18.2 Å². The molecule has 1 amide bonds. The number of ketones is 1. The summed E-state index contributed by atoms with van der Waals surface area (Å²) in [7, 11) is 3.35. The predicted molar refractivity (Wildman–Crippen MR) is 80.5 cm³/mol. The average Bonchev–Trinajstić information content (AvgIpc) is 2.53. The smallest absolute Gasteiger partial charge is 0.259 e. The van der Waals surface area contributed by atoms with Crippen LogP contribution >= 0.6 is 0 Å². The van der Waals surface area contributed by atoms with Gasteiger partial charge in [-0.3, -0.25) is 9.59 Å². The van der Waals surface area contributed by atoms with Crippen molar-refractivity contribution in [3.8, 4) is 5.75 Å². The van der Waals surface area contributed by atoms with Gasteiger partial charge in [-0.25, -0.2) is 0 Å². The van der Waals surface area contributed by atoms with Gasteiger partial charge in [0.2, 0.25) is 0 Å². The zero-order valence-corrected chi connectivity index (χ0v) is 12.1. The number of carbonyl (C=O) groups is 2. The Bertz CT molecular complexity index is 618. The van der Waals surface area contributed by atoms with E-state index in [-0.39, 0.29) is 18.3 Å². The molecule has 0 atom stereocenters. The molecule has 2 aromatic carbocycles. The Morgan fingerprint density at radius 1 is 0.905 bits per heavy atom. The maximum Gasteiger partial charge on any atom is 0.259 e. The van der Waals surface area contributed by atoms with Crippen LogP contribution in [0.5, 0.6) is 5.75 Å². The largest absolute Gasteiger partial charge is 0.484 e. The summed E-state index contributed by atoms with van der Waals surface area (Å²) in [5.41, 5.74) is 1.24. The van der Waals surface area contributed by atoms with E-state index in [2.05, 4.69) is 0 Å². The summed E-state index contributed by atoms with van der Waals surface area (Å²) in [6, 6.07) is 15.9. The second-order valence-corrected chi connectivity index (χ2v) is 4.80. The quantitative estimate of drug-likeness (QED) is 0.792. The highest BCUT2D eigenvalue weighted by Gasteiger charge is 2.09. The molecule has 108 valence electrons. The number of rotatable bonds is 5. The monoisotopic (exact) mass is 283 g/mol. The molecule has 0 fully saturated rings. The fourth-order valence-corrected chi connectivity index (χ4v) is 1.73. The number of likely N-dealkylation sites (N-methyl/N-ethyl adjacent to an activating group) is 1. The van der Waals surface area contributed by atoms with Crippen molar-refractivity contribution < 1.29 is 14.3 Å². The molecule has 2 aromatic rings. The van der Waals surface area contributed by atoms with Crippen LogP contribution in [0, 0.1) is 0 Å². The Morgan fingerprint density at radius 3 is 2.05 bits per heavy atom. The Hall–Kier alpha value is -2.62. The summed E-state index contributed by atoms with van der Waals surface area (Å²) < 4.78 is 5.37. The summed E-state index contributed by atoms with van der Waals surface area (Å²) in [5, 5.41) is 0. The molecule has 0 aromatic heterocycles. The van der Waals surface area contributed by atoms with Gasteiger partial charge in [-0.05, 0) is 24.3 Å². The van der Waals surface area contributed by atoms with Crippen molar-refractivity contribution in [3.05, 3.63) is 65.7 Å². The van der Waals surface area contributed by atoms with Crippen LogP contribution in [0.15, 0.2) is 54.6 Å². The fraction of sp³-hybridized carbons (Fsp3) is 0.176. The van der Waals surface area contributed by atoms with Gasteiger partial charge >= 0.3 is 0 Å². The molecular formula is C17H17NO3. The topological polar surface area (TPSA) is 46.6 Å². The number of carbonyl (C=O) groups excluding carboxylic acids is 2. The molecule has 0 bridgehead atoms. The van der Waals surface area contributed by atoms with E-state index in [0.717, 1.165) is 0 Å². The Morgan fingerprint density at radius 2 is 1.48 bits per heavy atom. The highest BCUT2D eigenvalue weighted by Crippen LogP contribution is 2.15. The molecule has 4 heteroatoms. The molecule has 0 heterocycles. The zero-order chi connectivity index (χ0) is 15.2. The van der Waals surface area contributed by atoms with E-state index < -0.39 is 0 Å². The Balaban J connectivity index is 2.02. The minimum atomic E-state index is -0.112. The first-order valence-corrected chi connectivity index (χ1v) is 6.60. The van der Waals surface area contributed by atoms with E-state index in [9.17, 15) is 9.59 Å². The molecule has 0 aliphatic carbocycles. The molecule has 21 heavy (non-hydrogen) atoms. The molecule has 0 saturated carbocycles. The van der Waals surface area contributed by atoms with Crippen molar-refractivity contribution in [1.29, 1.82) is 0 Å². The van der Waals surface area contributed by atoms with Gasteiger partial charge in [0.1, 0.15) is 5.75 Å². The molecule has 0 N–H and O–H groups in total. The highest BCUT2D eigenvalue weighted by atomic mass is 16.5. The van der Waals surface area contributed by atoms with Crippen LogP contribution in [0.25, 0.3) is 0 Å². The molecule has 2 rings (SSSR count). The van der Waals surface area contributed by atoms with Crippen molar-refractivity contribution >= 4 is 11.7 Å². The third-order valence-corrected chi connectivity index (χ3v) is 3.01. The lowest BCUT2D eigenvalue weighted by atomic mass is 10.0. The maximum atomic E-state index is 12.2. The molecule has 0 saturated heterocycles. The number of nitrogens with zero attached hydrogens (tertiary/aromatic N) is 1. The van der Waals surface area contributed by atoms with Crippen LogP contribution in [-0.2, 0) is 4.79 Å². The first kappa shape index (κ1) is 14.8. The van der Waals surface area contributed by atoms with Crippen LogP contribution in [0.1, 0.15) is 15.9 Å². The number of hydrogen-bond donors (Lipinski definition) is 0. The van der Waals surface area contributed by atoms with Gasteiger partial charge in [0.25, 0.3) is 5.91 Å². The van der Waals surface area contributed by atoms with Crippen molar-refractivity contribution in [3.63, 3.8) is 0 Å². The summed E-state index contributed by atoms with van der Waals surface area (Å²) in [5.74, 6) is 0.417. The van der Waals surface area contributed by atoms with Crippen molar-refractivity contribution in [1.82, 2.24) is 4.90 Å². The van der Waals surface area contributed by atoms with Crippen LogP contribution in [-0.4, -0.2) is 37.3 Å². The Kier molecular flexibility index (Phi) is 4.72. The van der Waals surface area contributed by atoms with Crippen molar-refractivity contribution in [2.45, 2.75) is 0 Å². The van der Waals surface area contributed by atoms with Crippen molar-refractivity contribution in [2.24, 2.45) is 0 Å². The SMILES string of the molecule is CN(C)C(=O)COc1ccc(C(=O)c2ccccc2)cc1. The fourth-order valence-electron chi connectivity index (χ4n) is 1.73. The first-order chi connectivity index (χ1) is 10.1. The van der Waals surface area contributed by atoms with E-state index in [0.29, 0.717) is 16.9 Å². The van der Waals surface area contributed by atoms with Gasteiger partial charge in [-0.15, -0.1) is 0 Å². The average molecular weight is 283 g/mol. The second kappa shape index (κ2) is 6.70. The van der Waals surface area contributed by atoms with Crippen LogP contribution in [0.2, 0.25) is 0 Å². The lowest BCUT2D eigenvalue weighted by Gasteiger charge is -2.11. The van der Waals surface area contributed by atoms with Gasteiger partial charge in [-0.1, -0.05) is 30.3 Å². The molecule has 4 nitrogen and oxygen atoms in total. The van der Waals surface area contributed by atoms with Crippen molar-refractivity contribution in [2.75, 3.05) is 20.7 Å². The van der Waals surface area contributed by atoms with Gasteiger partial charge in [0.15, 0.2) is 12.4 Å². The van der Waals surface area contributed by atoms with Gasteiger partial charge in [0, 0.05) is 25.2 Å². The molecule has 0 unspecified atom stereocenters. The van der Waals surface area contributed by atoms with Gasteiger partial charge in [0.05, 0.1) is 0 Å². The standard InChI is InChI=1S/C17H17NO3/c1-18(2)16(19)12-21-15-10-8-14(9-11-15)17(20)13-6-4-3-5-7-13/h3-11H,12H2,1-2H3. The summed E-state index contributed by atoms with van der Waals surface area (Å²) in [4.78, 5) is 25.1. The predicted octanol–water partition coefficient (Wildman–Crippen LogP) is 2.38.